The van der Waals surface area contributed by atoms with Crippen LogP contribution >= 0.6 is 11.6 Å². The number of nitrogens with zero attached hydrogens (tertiary/aromatic N) is 2. The molecule has 0 aromatic carbocycles. The predicted octanol–water partition coefficient (Wildman–Crippen LogP) is 2.09. The van der Waals surface area contributed by atoms with E-state index in [0.29, 0.717) is 10.7 Å². The Kier molecular flexibility index (Phi) is 1.49. The van der Waals surface area contributed by atoms with Crippen LogP contribution < -0.4 is 0 Å². The van der Waals surface area contributed by atoms with E-state index in [1.54, 1.807) is 18.5 Å². The molecule has 0 spiro atoms. The van der Waals surface area contributed by atoms with Gasteiger partial charge >= 0.3 is 0 Å². The fourth-order valence-corrected chi connectivity index (χ4v) is 1.29. The van der Waals surface area contributed by atoms with Crippen molar-refractivity contribution in [2.24, 2.45) is 0 Å². The van der Waals surface area contributed by atoms with Crippen molar-refractivity contribution in [3.8, 4) is 6.07 Å². The Labute approximate surface area is 73.6 Å². The van der Waals surface area contributed by atoms with Gasteiger partial charge < -0.3 is 4.98 Å². The molecule has 1 N–H and O–H groups in total. The second-order valence-corrected chi connectivity index (χ2v) is 2.79. The number of pyridine rings is 1. The SMILES string of the molecule is N#Cc1cc2cncc(Cl)c2[nH]1. The Morgan fingerprint density at radius 3 is 3.00 bits per heavy atom. The van der Waals surface area contributed by atoms with Crippen LogP contribution in [0.4, 0.5) is 0 Å². The van der Waals surface area contributed by atoms with Gasteiger partial charge in [0.1, 0.15) is 11.8 Å². The number of H-pyrrole nitrogens is 1. The van der Waals surface area contributed by atoms with E-state index in [4.69, 9.17) is 16.9 Å². The normalized spacial score (nSPS) is 10.0. The van der Waals surface area contributed by atoms with E-state index in [9.17, 15) is 0 Å². The van der Waals surface area contributed by atoms with Gasteiger partial charge in [0.25, 0.3) is 0 Å². The van der Waals surface area contributed by atoms with Crippen LogP contribution in [0.15, 0.2) is 18.5 Å². The van der Waals surface area contributed by atoms with Crippen LogP contribution in [0.5, 0.6) is 0 Å². The van der Waals surface area contributed by atoms with Gasteiger partial charge in [-0.05, 0) is 6.07 Å². The second kappa shape index (κ2) is 2.50. The molecule has 0 aliphatic heterocycles. The molecule has 4 heteroatoms. The molecular weight excluding hydrogens is 174 g/mol. The van der Waals surface area contributed by atoms with E-state index < -0.39 is 0 Å². The van der Waals surface area contributed by atoms with Gasteiger partial charge in [-0.15, -0.1) is 0 Å². The van der Waals surface area contributed by atoms with Gasteiger partial charge in [-0.2, -0.15) is 5.26 Å². The minimum atomic E-state index is 0.500. The first-order chi connectivity index (χ1) is 5.81. The van der Waals surface area contributed by atoms with Gasteiger partial charge in [0.2, 0.25) is 0 Å². The van der Waals surface area contributed by atoms with Crippen molar-refractivity contribution in [2.75, 3.05) is 0 Å². The third-order valence-electron chi connectivity index (χ3n) is 1.61. The fourth-order valence-electron chi connectivity index (χ4n) is 1.08. The van der Waals surface area contributed by atoms with Gasteiger partial charge in [-0.3, -0.25) is 4.98 Å². The summed E-state index contributed by atoms with van der Waals surface area (Å²) in [6.45, 7) is 0. The van der Waals surface area contributed by atoms with E-state index in [1.807, 2.05) is 6.07 Å². The molecule has 2 rings (SSSR count). The summed E-state index contributed by atoms with van der Waals surface area (Å²) in [7, 11) is 0. The number of aromatic amines is 1. The fraction of sp³-hybridized carbons (Fsp3) is 0. The number of hydrogen-bond acceptors (Lipinski definition) is 2. The molecule has 0 radical (unpaired) electrons. The number of rotatable bonds is 0. The summed E-state index contributed by atoms with van der Waals surface area (Å²) in [4.78, 5) is 6.78. The molecule has 0 amide bonds. The van der Waals surface area contributed by atoms with Gasteiger partial charge in [0.15, 0.2) is 0 Å². The number of nitriles is 1. The largest absolute Gasteiger partial charge is 0.345 e. The summed E-state index contributed by atoms with van der Waals surface area (Å²) in [5.74, 6) is 0. The zero-order valence-corrected chi connectivity index (χ0v) is 6.76. The van der Waals surface area contributed by atoms with Crippen molar-refractivity contribution in [1.82, 2.24) is 9.97 Å². The molecule has 2 aromatic rings. The quantitative estimate of drug-likeness (QED) is 0.670. The predicted molar refractivity (Wildman–Crippen MR) is 45.8 cm³/mol. The smallest absolute Gasteiger partial charge is 0.118 e. The molecule has 3 nitrogen and oxygen atoms in total. The van der Waals surface area contributed by atoms with Crippen molar-refractivity contribution in [1.29, 1.82) is 5.26 Å². The highest BCUT2D eigenvalue weighted by Gasteiger charge is 2.02. The molecule has 2 heterocycles. The highest BCUT2D eigenvalue weighted by molar-refractivity contribution is 6.34. The molecule has 0 fully saturated rings. The Balaban J connectivity index is 2.85. The van der Waals surface area contributed by atoms with Crippen molar-refractivity contribution in [3.63, 3.8) is 0 Å². The van der Waals surface area contributed by atoms with Crippen LogP contribution in [0.25, 0.3) is 10.9 Å². The number of aromatic nitrogens is 2. The third-order valence-corrected chi connectivity index (χ3v) is 1.90. The number of fused-ring (bicyclic) bond motifs is 1. The first-order valence-electron chi connectivity index (χ1n) is 3.33. The standard InChI is InChI=1S/C8H4ClN3/c9-7-4-11-3-5-1-6(2-10)12-8(5)7/h1,3-4,12H. The lowest BCUT2D eigenvalue weighted by Gasteiger charge is -1.89. The van der Waals surface area contributed by atoms with E-state index >= 15 is 0 Å². The zero-order chi connectivity index (χ0) is 8.55. The molecule has 12 heavy (non-hydrogen) atoms. The molecular formula is C8H4ClN3. The molecule has 0 saturated carbocycles. The summed E-state index contributed by atoms with van der Waals surface area (Å²) in [5.41, 5.74) is 1.27. The lowest BCUT2D eigenvalue weighted by Crippen LogP contribution is -1.73. The van der Waals surface area contributed by atoms with Gasteiger partial charge in [0, 0.05) is 17.8 Å². The lowest BCUT2D eigenvalue weighted by molar-refractivity contribution is 1.34. The zero-order valence-electron chi connectivity index (χ0n) is 6.00. The van der Waals surface area contributed by atoms with Crippen LogP contribution in [0.1, 0.15) is 5.69 Å². The summed E-state index contributed by atoms with van der Waals surface area (Å²) in [5, 5.41) is 9.98. The third kappa shape index (κ3) is 0.936. The van der Waals surface area contributed by atoms with Crippen LogP contribution in [0, 0.1) is 11.3 Å². The molecule has 0 saturated heterocycles. The Bertz CT molecular complexity index is 467. The first-order valence-corrected chi connectivity index (χ1v) is 3.71. The summed E-state index contributed by atoms with van der Waals surface area (Å²) in [6, 6.07) is 3.72. The van der Waals surface area contributed by atoms with E-state index in [1.165, 1.54) is 0 Å². The lowest BCUT2D eigenvalue weighted by atomic mass is 10.3. The van der Waals surface area contributed by atoms with E-state index in [-0.39, 0.29) is 0 Å². The Hall–Kier alpha value is -1.53. The summed E-state index contributed by atoms with van der Waals surface area (Å²) in [6.07, 6.45) is 3.21. The first kappa shape index (κ1) is 7.14. The maximum absolute atomic E-state index is 8.58. The van der Waals surface area contributed by atoms with Crippen molar-refractivity contribution in [3.05, 3.63) is 29.2 Å². The van der Waals surface area contributed by atoms with E-state index in [0.717, 1.165) is 10.9 Å². The van der Waals surface area contributed by atoms with Gasteiger partial charge in [-0.25, -0.2) is 0 Å². The molecule has 58 valence electrons. The Morgan fingerprint density at radius 1 is 1.50 bits per heavy atom. The summed E-state index contributed by atoms with van der Waals surface area (Å²) >= 11 is 5.82. The number of hydrogen-bond donors (Lipinski definition) is 1. The molecule has 0 atom stereocenters. The van der Waals surface area contributed by atoms with Crippen LogP contribution in [0.2, 0.25) is 5.02 Å². The molecule has 2 aromatic heterocycles. The maximum Gasteiger partial charge on any atom is 0.118 e. The van der Waals surface area contributed by atoms with Gasteiger partial charge in [0.05, 0.1) is 10.5 Å². The van der Waals surface area contributed by atoms with E-state index in [2.05, 4.69) is 9.97 Å². The van der Waals surface area contributed by atoms with Crippen LogP contribution in [-0.4, -0.2) is 9.97 Å². The number of nitrogens with one attached hydrogen (secondary N) is 1. The maximum atomic E-state index is 8.58. The van der Waals surface area contributed by atoms with Crippen LogP contribution in [0.3, 0.4) is 0 Å². The summed E-state index contributed by atoms with van der Waals surface area (Å²) < 4.78 is 0. The average molecular weight is 178 g/mol. The minimum Gasteiger partial charge on any atom is -0.345 e. The van der Waals surface area contributed by atoms with Crippen LogP contribution in [-0.2, 0) is 0 Å². The Morgan fingerprint density at radius 2 is 2.33 bits per heavy atom. The second-order valence-electron chi connectivity index (χ2n) is 2.38. The minimum absolute atomic E-state index is 0.500. The van der Waals surface area contributed by atoms with Crippen molar-refractivity contribution < 1.29 is 0 Å². The monoisotopic (exact) mass is 177 g/mol. The van der Waals surface area contributed by atoms with Gasteiger partial charge in [-0.1, -0.05) is 11.6 Å². The molecule has 0 bridgehead atoms. The highest BCUT2D eigenvalue weighted by Crippen LogP contribution is 2.21. The number of halogens is 1. The topological polar surface area (TPSA) is 52.5 Å². The van der Waals surface area contributed by atoms with Crippen molar-refractivity contribution in [2.45, 2.75) is 0 Å². The van der Waals surface area contributed by atoms with Crippen molar-refractivity contribution >= 4 is 22.5 Å². The molecule has 0 unspecified atom stereocenters. The highest BCUT2D eigenvalue weighted by atomic mass is 35.5. The average Bonchev–Trinajstić information content (AvgIpc) is 2.49. The molecule has 0 aliphatic carbocycles. The molecule has 0 aliphatic rings.